The molecule has 1 saturated heterocycles. The number of carbonyl (C=O) groups is 1. The van der Waals surface area contributed by atoms with E-state index in [1.54, 1.807) is 17.0 Å². The molecule has 1 aliphatic rings. The largest absolute Gasteiger partial charge is 0.494 e. The van der Waals surface area contributed by atoms with Crippen LogP contribution in [0.4, 0.5) is 5.69 Å². The molecular weight excluding hydrogens is 366 g/mol. The number of anilines is 1. The summed E-state index contributed by atoms with van der Waals surface area (Å²) in [4.78, 5) is 18.6. The van der Waals surface area contributed by atoms with Crippen molar-refractivity contribution in [3.63, 3.8) is 0 Å². The van der Waals surface area contributed by atoms with E-state index in [9.17, 15) is 4.79 Å². The summed E-state index contributed by atoms with van der Waals surface area (Å²) in [5, 5.41) is 4.66. The maximum Gasteiger partial charge on any atom is 0.232 e. The molecule has 1 amide bonds. The third-order valence-electron chi connectivity index (χ3n) is 4.46. The van der Waals surface area contributed by atoms with E-state index in [0.29, 0.717) is 36.3 Å². The standard InChI is InChI=1S/C20H18ClN3O3/c1-2-26-17-8-6-13(7-9-17)19-22-20(27-23-19)14-10-18(25)24(12-14)16-5-3-4-15(21)11-16/h3-9,11,14H,2,10,12H2,1H3. The lowest BCUT2D eigenvalue weighted by atomic mass is 10.1. The lowest BCUT2D eigenvalue weighted by Gasteiger charge is -2.16. The zero-order valence-corrected chi connectivity index (χ0v) is 15.5. The van der Waals surface area contributed by atoms with E-state index < -0.39 is 0 Å². The molecule has 1 aliphatic heterocycles. The Morgan fingerprint density at radius 3 is 2.81 bits per heavy atom. The molecule has 0 radical (unpaired) electrons. The number of benzene rings is 2. The minimum Gasteiger partial charge on any atom is -0.494 e. The molecule has 0 N–H and O–H groups in total. The van der Waals surface area contributed by atoms with Crippen LogP contribution in [-0.4, -0.2) is 29.2 Å². The molecule has 6 nitrogen and oxygen atoms in total. The van der Waals surface area contributed by atoms with Crippen LogP contribution in [-0.2, 0) is 4.79 Å². The molecule has 1 aromatic heterocycles. The van der Waals surface area contributed by atoms with Gasteiger partial charge in [0.25, 0.3) is 0 Å². The summed E-state index contributed by atoms with van der Waals surface area (Å²) >= 11 is 6.04. The molecule has 0 aliphatic carbocycles. The van der Waals surface area contributed by atoms with E-state index in [-0.39, 0.29) is 11.8 Å². The zero-order chi connectivity index (χ0) is 18.8. The predicted molar refractivity (Wildman–Crippen MR) is 102 cm³/mol. The molecule has 3 aromatic rings. The summed E-state index contributed by atoms with van der Waals surface area (Å²) in [6.45, 7) is 3.05. The van der Waals surface area contributed by atoms with Gasteiger partial charge in [-0.2, -0.15) is 4.98 Å². The van der Waals surface area contributed by atoms with Crippen molar-refractivity contribution in [2.45, 2.75) is 19.3 Å². The number of carbonyl (C=O) groups excluding carboxylic acids is 1. The maximum atomic E-state index is 12.4. The van der Waals surface area contributed by atoms with Crippen molar-refractivity contribution in [2.24, 2.45) is 0 Å². The number of hydrogen-bond acceptors (Lipinski definition) is 5. The highest BCUT2D eigenvalue weighted by Gasteiger charge is 2.35. The Morgan fingerprint density at radius 1 is 1.26 bits per heavy atom. The van der Waals surface area contributed by atoms with Gasteiger partial charge < -0.3 is 14.2 Å². The molecule has 1 unspecified atom stereocenters. The second-order valence-corrected chi connectivity index (χ2v) is 6.74. The van der Waals surface area contributed by atoms with Crippen molar-refractivity contribution in [3.8, 4) is 17.1 Å². The molecule has 4 rings (SSSR count). The first kappa shape index (κ1) is 17.5. The Labute approximate surface area is 161 Å². The Bertz CT molecular complexity index is 955. The molecule has 0 bridgehead atoms. The van der Waals surface area contributed by atoms with Crippen LogP contribution in [0.25, 0.3) is 11.4 Å². The first-order valence-electron chi connectivity index (χ1n) is 8.77. The summed E-state index contributed by atoms with van der Waals surface area (Å²) in [5.74, 6) is 1.64. The molecule has 1 atom stereocenters. The minimum absolute atomic E-state index is 0.0167. The molecule has 138 valence electrons. The normalized spacial score (nSPS) is 16.7. The third-order valence-corrected chi connectivity index (χ3v) is 4.69. The summed E-state index contributed by atoms with van der Waals surface area (Å²) in [5.41, 5.74) is 1.62. The van der Waals surface area contributed by atoms with Gasteiger partial charge in [-0.15, -0.1) is 0 Å². The van der Waals surface area contributed by atoms with Gasteiger partial charge in [-0.3, -0.25) is 4.79 Å². The average molecular weight is 384 g/mol. The molecule has 0 saturated carbocycles. The lowest BCUT2D eigenvalue weighted by molar-refractivity contribution is -0.117. The van der Waals surface area contributed by atoms with Gasteiger partial charge in [0, 0.05) is 29.2 Å². The summed E-state index contributed by atoms with van der Waals surface area (Å²) in [6.07, 6.45) is 0.331. The second kappa shape index (κ2) is 7.40. The van der Waals surface area contributed by atoms with E-state index >= 15 is 0 Å². The van der Waals surface area contributed by atoms with Crippen molar-refractivity contribution >= 4 is 23.2 Å². The van der Waals surface area contributed by atoms with Crippen molar-refractivity contribution < 1.29 is 14.1 Å². The quantitative estimate of drug-likeness (QED) is 0.656. The van der Waals surface area contributed by atoms with Gasteiger partial charge in [-0.1, -0.05) is 22.8 Å². The minimum atomic E-state index is -0.138. The third kappa shape index (κ3) is 3.66. The first-order chi connectivity index (χ1) is 13.1. The SMILES string of the molecule is CCOc1ccc(-c2noc(C3CC(=O)N(c4cccc(Cl)c4)C3)n2)cc1. The van der Waals surface area contributed by atoms with Crippen LogP contribution in [0.3, 0.4) is 0 Å². The molecule has 27 heavy (non-hydrogen) atoms. The Balaban J connectivity index is 1.51. The van der Waals surface area contributed by atoms with Crippen LogP contribution in [0.15, 0.2) is 53.1 Å². The highest BCUT2D eigenvalue weighted by atomic mass is 35.5. The van der Waals surface area contributed by atoms with Crippen molar-refractivity contribution in [3.05, 3.63) is 59.4 Å². The van der Waals surface area contributed by atoms with Crippen LogP contribution in [0.1, 0.15) is 25.2 Å². The van der Waals surface area contributed by atoms with Crippen LogP contribution in [0, 0.1) is 0 Å². The van der Waals surface area contributed by atoms with Crippen molar-refractivity contribution in [1.29, 1.82) is 0 Å². The number of ether oxygens (including phenoxy) is 1. The molecule has 2 heterocycles. The monoisotopic (exact) mass is 383 g/mol. The van der Waals surface area contributed by atoms with E-state index in [0.717, 1.165) is 17.0 Å². The fourth-order valence-corrected chi connectivity index (χ4v) is 3.34. The topological polar surface area (TPSA) is 68.5 Å². The fourth-order valence-electron chi connectivity index (χ4n) is 3.15. The van der Waals surface area contributed by atoms with Crippen molar-refractivity contribution in [1.82, 2.24) is 10.1 Å². The number of halogens is 1. The predicted octanol–water partition coefficient (Wildman–Crippen LogP) is 4.31. The number of nitrogens with zero attached hydrogens (tertiary/aromatic N) is 3. The summed E-state index contributed by atoms with van der Waals surface area (Å²) in [6, 6.07) is 14.8. The van der Waals surface area contributed by atoms with Gasteiger partial charge >= 0.3 is 0 Å². The van der Waals surface area contributed by atoms with Crippen LogP contribution in [0.5, 0.6) is 5.75 Å². The van der Waals surface area contributed by atoms with E-state index in [2.05, 4.69) is 10.1 Å². The fraction of sp³-hybridized carbons (Fsp3) is 0.250. The molecule has 7 heteroatoms. The van der Waals surface area contributed by atoms with Gasteiger partial charge in [-0.25, -0.2) is 0 Å². The van der Waals surface area contributed by atoms with Gasteiger partial charge in [0.2, 0.25) is 17.6 Å². The van der Waals surface area contributed by atoms with Crippen molar-refractivity contribution in [2.75, 3.05) is 18.1 Å². The smallest absolute Gasteiger partial charge is 0.232 e. The summed E-state index contributed by atoms with van der Waals surface area (Å²) in [7, 11) is 0. The Morgan fingerprint density at radius 2 is 2.07 bits per heavy atom. The van der Waals surface area contributed by atoms with Gasteiger partial charge in [0.05, 0.1) is 12.5 Å². The van der Waals surface area contributed by atoms with E-state index in [1.807, 2.05) is 43.3 Å². The van der Waals surface area contributed by atoms with E-state index in [4.69, 9.17) is 20.9 Å². The molecule has 0 spiro atoms. The number of amides is 1. The Hall–Kier alpha value is -2.86. The van der Waals surface area contributed by atoms with Crippen LogP contribution in [0.2, 0.25) is 5.02 Å². The average Bonchev–Trinajstić information content (AvgIpc) is 3.29. The molecular formula is C20H18ClN3O3. The highest BCUT2D eigenvalue weighted by molar-refractivity contribution is 6.30. The van der Waals surface area contributed by atoms with E-state index in [1.165, 1.54) is 0 Å². The number of aromatic nitrogens is 2. The van der Waals surface area contributed by atoms with Gasteiger partial charge in [-0.05, 0) is 49.4 Å². The highest BCUT2D eigenvalue weighted by Crippen LogP contribution is 2.33. The van der Waals surface area contributed by atoms with Crippen LogP contribution < -0.4 is 9.64 Å². The van der Waals surface area contributed by atoms with Gasteiger partial charge in [0.15, 0.2) is 0 Å². The molecule has 1 fully saturated rings. The summed E-state index contributed by atoms with van der Waals surface area (Å²) < 4.78 is 10.9. The van der Waals surface area contributed by atoms with Gasteiger partial charge in [0.1, 0.15) is 5.75 Å². The first-order valence-corrected chi connectivity index (χ1v) is 9.14. The second-order valence-electron chi connectivity index (χ2n) is 6.30. The molecule has 2 aromatic carbocycles. The lowest BCUT2D eigenvalue weighted by Crippen LogP contribution is -2.24. The Kier molecular flexibility index (Phi) is 4.81. The maximum absolute atomic E-state index is 12.4. The number of hydrogen-bond donors (Lipinski definition) is 0. The number of rotatable bonds is 5. The zero-order valence-electron chi connectivity index (χ0n) is 14.8. The van der Waals surface area contributed by atoms with Crippen LogP contribution >= 0.6 is 11.6 Å².